The summed E-state index contributed by atoms with van der Waals surface area (Å²) in [6.07, 6.45) is 5.58. The van der Waals surface area contributed by atoms with Crippen molar-refractivity contribution < 1.29 is 19.2 Å². The van der Waals surface area contributed by atoms with E-state index in [2.05, 4.69) is 0 Å². The minimum absolute atomic E-state index is 0.193. The fourth-order valence-corrected chi connectivity index (χ4v) is 1.86. The second kappa shape index (κ2) is 10.1. The van der Waals surface area contributed by atoms with Gasteiger partial charge in [-0.25, -0.2) is 0 Å². The maximum Gasteiger partial charge on any atom is 0.244 e. The number of unbranched alkanes of at least 4 members (excludes halogenated alkanes) is 3. The van der Waals surface area contributed by atoms with Gasteiger partial charge in [0.05, 0.1) is 0 Å². The number of rotatable bonds is 11. The molecule has 8 heteroatoms. The third kappa shape index (κ3) is 9.29. The van der Waals surface area contributed by atoms with E-state index >= 15 is 0 Å². The van der Waals surface area contributed by atoms with Crippen molar-refractivity contribution in [3.8, 4) is 0 Å². The van der Waals surface area contributed by atoms with Crippen LogP contribution in [0.3, 0.4) is 0 Å². The third-order valence-corrected chi connectivity index (χ3v) is 2.91. The largest absolute Gasteiger partial charge is 0.366 e. The minimum Gasteiger partial charge on any atom is -0.366 e. The first kappa shape index (κ1) is 19.4. The Labute approximate surface area is 128 Å². The Morgan fingerprint density at radius 2 is 0.909 bits per heavy atom. The van der Waals surface area contributed by atoms with Gasteiger partial charge in [0.25, 0.3) is 0 Å². The summed E-state index contributed by atoms with van der Waals surface area (Å²) in [6.45, 7) is 0. The molecule has 0 aliphatic heterocycles. The predicted octanol–water partition coefficient (Wildman–Crippen LogP) is -0.879. The van der Waals surface area contributed by atoms with E-state index in [4.69, 9.17) is 22.9 Å². The minimum atomic E-state index is -0.712. The number of nitrogens with two attached hydrogens (primary N) is 4. The zero-order chi connectivity index (χ0) is 17.1. The molecule has 0 aromatic carbocycles. The number of amides is 4. The highest BCUT2D eigenvalue weighted by molar-refractivity contribution is 6.00. The Hall–Kier alpha value is -2.64. The molecule has 0 aliphatic carbocycles. The third-order valence-electron chi connectivity index (χ3n) is 2.91. The van der Waals surface area contributed by atoms with Crippen molar-refractivity contribution >= 4 is 23.6 Å². The summed E-state index contributed by atoms with van der Waals surface area (Å²) in [4.78, 5) is 43.6. The van der Waals surface area contributed by atoms with Crippen LogP contribution in [0.2, 0.25) is 0 Å². The Bertz CT molecular complexity index is 463. The van der Waals surface area contributed by atoms with Crippen LogP contribution in [-0.2, 0) is 19.2 Å². The fourth-order valence-electron chi connectivity index (χ4n) is 1.86. The van der Waals surface area contributed by atoms with Gasteiger partial charge >= 0.3 is 0 Å². The maximum absolute atomic E-state index is 11.1. The second-order valence-electron chi connectivity index (χ2n) is 4.79. The van der Waals surface area contributed by atoms with Crippen LogP contribution in [-0.4, -0.2) is 23.6 Å². The molecule has 0 spiro atoms. The van der Waals surface area contributed by atoms with Gasteiger partial charge in [-0.3, -0.25) is 19.2 Å². The molecular weight excluding hydrogens is 288 g/mol. The van der Waals surface area contributed by atoms with Gasteiger partial charge in [-0.1, -0.05) is 12.8 Å². The summed E-state index contributed by atoms with van der Waals surface area (Å²) in [5.41, 5.74) is 20.6. The van der Waals surface area contributed by atoms with Crippen LogP contribution in [0.4, 0.5) is 0 Å². The number of hydrogen-bond acceptors (Lipinski definition) is 4. The zero-order valence-corrected chi connectivity index (χ0v) is 12.3. The number of primary amides is 4. The molecule has 8 nitrogen and oxygen atoms in total. The highest BCUT2D eigenvalue weighted by Crippen LogP contribution is 2.13. The van der Waals surface area contributed by atoms with Crippen LogP contribution in [0, 0.1) is 0 Å². The summed E-state index contributed by atoms with van der Waals surface area (Å²) in [5, 5.41) is 0. The van der Waals surface area contributed by atoms with E-state index < -0.39 is 23.6 Å². The quantitative estimate of drug-likeness (QED) is 0.287. The molecule has 0 rings (SSSR count). The molecule has 0 fully saturated rings. The first-order valence-corrected chi connectivity index (χ1v) is 6.83. The molecule has 0 saturated carbocycles. The van der Waals surface area contributed by atoms with Crippen LogP contribution in [0.25, 0.3) is 0 Å². The molecule has 0 bridgehead atoms. The van der Waals surface area contributed by atoms with E-state index in [1.54, 1.807) is 0 Å². The van der Waals surface area contributed by atoms with Crippen LogP contribution in [0.5, 0.6) is 0 Å². The van der Waals surface area contributed by atoms with E-state index in [1.807, 2.05) is 0 Å². The Balaban J connectivity index is 4.13. The zero-order valence-electron chi connectivity index (χ0n) is 12.3. The molecule has 4 amide bonds. The van der Waals surface area contributed by atoms with Crippen molar-refractivity contribution in [2.45, 2.75) is 38.5 Å². The smallest absolute Gasteiger partial charge is 0.244 e. The van der Waals surface area contributed by atoms with Gasteiger partial charge < -0.3 is 22.9 Å². The topological polar surface area (TPSA) is 172 Å². The Morgan fingerprint density at radius 3 is 1.14 bits per heavy atom. The molecule has 0 atom stereocenters. The van der Waals surface area contributed by atoms with Crippen LogP contribution in [0.1, 0.15) is 38.5 Å². The van der Waals surface area contributed by atoms with Gasteiger partial charge in [0.1, 0.15) is 0 Å². The van der Waals surface area contributed by atoms with E-state index in [-0.39, 0.29) is 11.1 Å². The molecule has 0 heterocycles. The lowest BCUT2D eigenvalue weighted by Crippen LogP contribution is -2.18. The normalized spacial score (nSPS) is 12.0. The predicted molar refractivity (Wildman–Crippen MR) is 80.6 cm³/mol. The van der Waals surface area contributed by atoms with Gasteiger partial charge in [-0.15, -0.1) is 0 Å². The van der Waals surface area contributed by atoms with Crippen molar-refractivity contribution in [1.29, 1.82) is 0 Å². The van der Waals surface area contributed by atoms with Crippen LogP contribution in [0.15, 0.2) is 23.3 Å². The molecular formula is C14H22N4O4. The molecule has 0 aromatic rings. The fraction of sp³-hybridized carbons (Fsp3) is 0.429. The van der Waals surface area contributed by atoms with Crippen molar-refractivity contribution in [1.82, 2.24) is 0 Å². The molecule has 22 heavy (non-hydrogen) atoms. The molecule has 8 N–H and O–H groups in total. The lowest BCUT2D eigenvalue weighted by Gasteiger charge is -2.04. The highest BCUT2D eigenvalue weighted by atomic mass is 16.2. The molecule has 0 radical (unpaired) electrons. The summed E-state index contributed by atoms with van der Waals surface area (Å²) in [7, 11) is 0. The molecule has 0 saturated heterocycles. The number of carbonyl (C=O) groups is 4. The van der Waals surface area contributed by atoms with Gasteiger partial charge in [0, 0.05) is 23.3 Å². The highest BCUT2D eigenvalue weighted by Gasteiger charge is 2.08. The average molecular weight is 310 g/mol. The van der Waals surface area contributed by atoms with E-state index in [9.17, 15) is 19.2 Å². The SMILES string of the molecule is NC(=O)/C=C(/CCCCCC/C(=C/C(N)=O)C(N)=O)C(N)=O. The number of hydrogen-bond donors (Lipinski definition) is 4. The maximum atomic E-state index is 11.1. The van der Waals surface area contributed by atoms with Crippen LogP contribution >= 0.6 is 0 Å². The van der Waals surface area contributed by atoms with Gasteiger partial charge in [0.15, 0.2) is 0 Å². The lowest BCUT2D eigenvalue weighted by atomic mass is 10.0. The van der Waals surface area contributed by atoms with Crippen molar-refractivity contribution in [3.63, 3.8) is 0 Å². The first-order chi connectivity index (χ1) is 10.2. The van der Waals surface area contributed by atoms with E-state index in [0.29, 0.717) is 25.7 Å². The van der Waals surface area contributed by atoms with Crippen molar-refractivity contribution in [2.75, 3.05) is 0 Å². The Morgan fingerprint density at radius 1 is 0.591 bits per heavy atom. The monoisotopic (exact) mass is 310 g/mol. The molecule has 0 aliphatic rings. The first-order valence-electron chi connectivity index (χ1n) is 6.83. The second-order valence-corrected chi connectivity index (χ2v) is 4.79. The molecule has 0 aromatic heterocycles. The van der Waals surface area contributed by atoms with Crippen molar-refractivity contribution in [3.05, 3.63) is 23.3 Å². The average Bonchev–Trinajstić information content (AvgIpc) is 2.38. The standard InChI is InChI=1S/C14H22N4O4/c15-11(19)7-9(13(17)21)5-3-1-2-4-6-10(14(18)22)8-12(16)20/h7-8H,1-6H2,(H2,15,19)(H2,16,20)(H2,17,21)(H2,18,22)/b9-7-,10-8-. The lowest BCUT2D eigenvalue weighted by molar-refractivity contribution is -0.116. The van der Waals surface area contributed by atoms with E-state index in [1.165, 1.54) is 0 Å². The van der Waals surface area contributed by atoms with Gasteiger partial charge in [-0.2, -0.15) is 0 Å². The summed E-state index contributed by atoms with van der Waals surface area (Å²) >= 11 is 0. The molecule has 0 unspecified atom stereocenters. The molecule has 122 valence electrons. The van der Waals surface area contributed by atoms with Crippen molar-refractivity contribution in [2.24, 2.45) is 22.9 Å². The summed E-state index contributed by atoms with van der Waals surface area (Å²) in [6, 6.07) is 0. The summed E-state index contributed by atoms with van der Waals surface area (Å²) < 4.78 is 0. The van der Waals surface area contributed by atoms with Crippen LogP contribution < -0.4 is 22.9 Å². The summed E-state index contributed by atoms with van der Waals surface area (Å²) in [5.74, 6) is -2.76. The van der Waals surface area contributed by atoms with E-state index in [0.717, 1.165) is 25.0 Å². The number of carbonyl (C=O) groups excluding carboxylic acids is 4. The van der Waals surface area contributed by atoms with Gasteiger partial charge in [-0.05, 0) is 25.7 Å². The Kier molecular flexibility index (Phi) is 8.92. The van der Waals surface area contributed by atoms with Gasteiger partial charge in [0.2, 0.25) is 23.6 Å².